The normalized spacial score (nSPS) is 56.7. The highest BCUT2D eigenvalue weighted by Gasteiger charge is 2.80. The van der Waals surface area contributed by atoms with Crippen molar-refractivity contribution in [1.82, 2.24) is 0 Å². The molecule has 0 heterocycles. The molecule has 0 atom stereocenters. The van der Waals surface area contributed by atoms with Gasteiger partial charge in [-0.2, -0.15) is 0 Å². The van der Waals surface area contributed by atoms with Crippen molar-refractivity contribution in [3.05, 3.63) is 0 Å². The van der Waals surface area contributed by atoms with Crippen LogP contribution in [0.4, 0.5) is 0 Å². The molecule has 27 rings (SSSR count). The minimum absolute atomic E-state index is 0.854. The molecule has 0 heteroatoms. The maximum Gasteiger partial charge on any atom is -0.0261 e. The van der Waals surface area contributed by atoms with Crippen LogP contribution in [0.15, 0.2) is 0 Å². The highest BCUT2D eigenvalue weighted by atomic mass is 14.8. The molecule has 0 aromatic heterocycles. The lowest BCUT2D eigenvalue weighted by atomic mass is 10.2. The van der Waals surface area contributed by atoms with E-state index in [0.717, 1.165) is 97.5 Å². The van der Waals surface area contributed by atoms with Gasteiger partial charge in [0.05, 0.1) is 0 Å². The smallest absolute Gasteiger partial charge is 0.0261 e. The second-order valence-electron chi connectivity index (χ2n) is 40.8. The first-order valence-corrected chi connectivity index (χ1v) is 37.5. The summed E-state index contributed by atoms with van der Waals surface area (Å²) >= 11 is 0. The van der Waals surface area contributed by atoms with Crippen LogP contribution in [0.3, 0.4) is 0 Å². The van der Waals surface area contributed by atoms with Crippen molar-refractivity contribution in [2.24, 2.45) is 97.5 Å². The number of hydrogen-bond donors (Lipinski definition) is 0. The summed E-state index contributed by atoms with van der Waals surface area (Å²) in [5, 5.41) is 0. The van der Waals surface area contributed by atoms with Crippen LogP contribution in [0.25, 0.3) is 0 Å². The van der Waals surface area contributed by atoms with Gasteiger partial charge in [0.2, 0.25) is 0 Å². The maximum absolute atomic E-state index is 2.38. The molecule has 27 aliphatic carbocycles. The molecule has 27 saturated carbocycles. The van der Waals surface area contributed by atoms with E-state index >= 15 is 0 Å². The Kier molecular flexibility index (Phi) is 16.9. The molecule has 0 saturated heterocycles. The van der Waals surface area contributed by atoms with Crippen molar-refractivity contribution in [3.63, 3.8) is 0 Å². The van der Waals surface area contributed by atoms with Crippen molar-refractivity contribution >= 4 is 0 Å². The van der Waals surface area contributed by atoms with Gasteiger partial charge in [-0.1, -0.05) is 298 Å². The molecule has 0 nitrogen and oxygen atoms in total. The number of hydrogen-bond acceptors (Lipinski definition) is 0. The van der Waals surface area contributed by atoms with Gasteiger partial charge >= 0.3 is 0 Å². The van der Waals surface area contributed by atoms with E-state index < -0.39 is 0 Å². The van der Waals surface area contributed by atoms with Gasteiger partial charge in [-0.25, -0.2) is 0 Å². The van der Waals surface area contributed by atoms with E-state index in [-0.39, 0.29) is 0 Å². The van der Waals surface area contributed by atoms with Gasteiger partial charge in [0.15, 0.2) is 0 Å². The van der Waals surface area contributed by atoms with E-state index in [1.807, 2.05) is 0 Å². The van der Waals surface area contributed by atoms with Crippen molar-refractivity contribution in [3.8, 4) is 0 Å². The predicted molar refractivity (Wildman–Crippen MR) is 354 cm³/mol. The van der Waals surface area contributed by atoms with Gasteiger partial charge in [0.1, 0.15) is 0 Å². The van der Waals surface area contributed by atoms with E-state index in [4.69, 9.17) is 0 Å². The van der Waals surface area contributed by atoms with Gasteiger partial charge < -0.3 is 0 Å². The fourth-order valence-electron chi connectivity index (χ4n) is 14.2. The van der Waals surface area contributed by atoms with Crippen LogP contribution in [0.2, 0.25) is 0 Å². The quantitative estimate of drug-likeness (QED) is 0.227. The summed E-state index contributed by atoms with van der Waals surface area (Å²) in [6, 6.07) is 0. The van der Waals surface area contributed by atoms with Crippen LogP contribution < -0.4 is 0 Å². The van der Waals surface area contributed by atoms with E-state index in [9.17, 15) is 0 Å². The van der Waals surface area contributed by atoms with Crippen LogP contribution >= 0.6 is 0 Å². The summed E-state index contributed by atoms with van der Waals surface area (Å²) in [6.07, 6.45) is 67.7. The Balaban J connectivity index is 0.0000000970. The second kappa shape index (κ2) is 21.3. The fraction of sp³-hybridized carbons (Fsp3) is 1.00. The molecular formula is C81H144. The van der Waals surface area contributed by atoms with Gasteiger partial charge in [-0.05, 0) is 213 Å². The fourth-order valence-corrected chi connectivity index (χ4v) is 14.2. The van der Waals surface area contributed by atoms with Crippen molar-refractivity contribution < 1.29 is 0 Å². The Bertz CT molecular complexity index is 1490. The minimum atomic E-state index is 0.854. The highest BCUT2D eigenvalue weighted by molar-refractivity contribution is 5.30. The first-order chi connectivity index (χ1) is 37.5. The summed E-state index contributed by atoms with van der Waals surface area (Å²) < 4.78 is 0. The Morgan fingerprint density at radius 3 is 0.111 bits per heavy atom. The van der Waals surface area contributed by atoms with Gasteiger partial charge in [-0.3, -0.25) is 0 Å². The molecule has 0 spiro atoms. The summed E-state index contributed by atoms with van der Waals surface area (Å²) in [4.78, 5) is 0. The first kappa shape index (κ1) is 64.0. The molecule has 27 aliphatic rings. The van der Waals surface area contributed by atoms with Crippen molar-refractivity contribution in [2.45, 2.75) is 414 Å². The van der Waals surface area contributed by atoms with E-state index in [1.165, 1.54) is 289 Å². The third kappa shape index (κ3) is 18.5. The summed E-state index contributed by atoms with van der Waals surface area (Å²) in [7, 11) is 0. The average Bonchev–Trinajstić information content (AvgIpc) is 4.12. The lowest BCUT2D eigenvalue weighted by Gasteiger charge is -1.83. The van der Waals surface area contributed by atoms with Gasteiger partial charge in [0, 0.05) is 0 Å². The van der Waals surface area contributed by atoms with Crippen LogP contribution in [-0.2, 0) is 0 Å². The summed E-state index contributed by atoms with van der Waals surface area (Å²) in [6.45, 7) is 42.9. The molecule has 0 bridgehead atoms. The standard InChI is InChI=1S/9C6H10.9C3H6/c9*1-5-3-6(5,2)4-5;9*1-2-3-1/h9*3-4H2,1-2H3;9*1-3H2. The molecule has 0 radical (unpaired) electrons. The predicted octanol–water partition coefficient (Wildman–Crippen LogP) is 26.8. The average molecular weight is 1120 g/mol. The lowest BCUT2D eigenvalue weighted by Crippen LogP contribution is -1.70. The zero-order valence-corrected chi connectivity index (χ0v) is 58.8. The molecule has 468 valence electrons. The van der Waals surface area contributed by atoms with Crippen LogP contribution in [-0.4, -0.2) is 0 Å². The topological polar surface area (TPSA) is 0 Å². The SMILES string of the molecule is C1CC1.C1CC1.C1CC1.C1CC1.C1CC1.C1CC1.C1CC1.C1CC1.C1CC1.CC12CC1(C)C2.CC12CC1(C)C2.CC12CC1(C)C2.CC12CC1(C)C2.CC12CC1(C)C2.CC12CC1(C)C2.CC12CC1(C)C2.CC12CC1(C)C2.CC12CC1(C)C2. The lowest BCUT2D eigenvalue weighted by molar-refractivity contribution is 0.685. The van der Waals surface area contributed by atoms with E-state index in [0.29, 0.717) is 0 Å². The number of rotatable bonds is 0. The third-order valence-corrected chi connectivity index (χ3v) is 28.1. The summed E-state index contributed by atoms with van der Waals surface area (Å²) in [5.74, 6) is 0. The van der Waals surface area contributed by atoms with Gasteiger partial charge in [-0.15, -0.1) is 0 Å². The Hall–Kier alpha value is 0. The molecule has 0 N–H and O–H groups in total. The minimum Gasteiger partial charge on any atom is -0.0591 e. The zero-order valence-electron chi connectivity index (χ0n) is 58.8. The highest BCUT2D eigenvalue weighted by Crippen LogP contribution is 2.89. The Morgan fingerprint density at radius 1 is 0.0864 bits per heavy atom. The molecule has 0 amide bonds. The van der Waals surface area contributed by atoms with E-state index in [1.54, 1.807) is 0 Å². The van der Waals surface area contributed by atoms with Crippen molar-refractivity contribution in [2.75, 3.05) is 0 Å². The maximum atomic E-state index is 2.38. The molecule has 0 aromatic rings. The molecule has 0 aliphatic heterocycles. The van der Waals surface area contributed by atoms with Crippen LogP contribution in [0.1, 0.15) is 414 Å². The van der Waals surface area contributed by atoms with Crippen molar-refractivity contribution in [1.29, 1.82) is 0 Å². The molecule has 0 unspecified atom stereocenters. The molecule has 27 fully saturated rings. The second-order valence-corrected chi connectivity index (χ2v) is 40.8. The Morgan fingerprint density at radius 2 is 0.111 bits per heavy atom. The van der Waals surface area contributed by atoms with Crippen LogP contribution in [0.5, 0.6) is 0 Å². The summed E-state index contributed by atoms with van der Waals surface area (Å²) in [5.41, 5.74) is 15.4. The third-order valence-electron chi connectivity index (χ3n) is 28.1. The molecule has 81 heavy (non-hydrogen) atoms. The largest absolute Gasteiger partial charge is 0.0591 e. The molecule has 0 aromatic carbocycles. The van der Waals surface area contributed by atoms with Crippen LogP contribution in [0, 0.1) is 97.5 Å². The van der Waals surface area contributed by atoms with E-state index in [2.05, 4.69) is 125 Å². The Labute approximate surface area is 508 Å². The zero-order chi connectivity index (χ0) is 58.8. The monoisotopic (exact) mass is 1120 g/mol. The first-order valence-electron chi connectivity index (χ1n) is 37.5. The molecular weight excluding hydrogens is 973 g/mol. The van der Waals surface area contributed by atoms with Gasteiger partial charge in [0.25, 0.3) is 0 Å². The number of fused-ring (bicyclic) bond motifs is 9.